The number of nitriles is 1. The number of ether oxygens (including phenoxy) is 1. The van der Waals surface area contributed by atoms with Gasteiger partial charge in [0.1, 0.15) is 16.9 Å². The van der Waals surface area contributed by atoms with Gasteiger partial charge in [-0.25, -0.2) is 0 Å². The maximum atomic E-state index is 9.16. The summed E-state index contributed by atoms with van der Waals surface area (Å²) in [5, 5.41) is 21.3. The Balaban J connectivity index is 1.94. The van der Waals surface area contributed by atoms with Crippen LogP contribution in [0.2, 0.25) is 0 Å². The third kappa shape index (κ3) is 5.16. The number of rotatable bonds is 6. The molecule has 0 fully saturated rings. The normalized spacial score (nSPS) is 10.7. The number of nitrogens with one attached hydrogen (secondary N) is 2. The van der Waals surface area contributed by atoms with E-state index in [0.29, 0.717) is 5.75 Å². The fraction of sp³-hybridized carbons (Fsp3) is 0.118. The quantitative estimate of drug-likeness (QED) is 0.480. The Labute approximate surface area is 139 Å². The van der Waals surface area contributed by atoms with E-state index in [1.54, 1.807) is 31.4 Å². The fourth-order valence-electron chi connectivity index (χ4n) is 1.71. The highest BCUT2D eigenvalue weighted by Gasteiger charge is 2.08. The van der Waals surface area contributed by atoms with Crippen LogP contribution in [0.4, 0.5) is 5.69 Å². The van der Waals surface area contributed by atoms with Gasteiger partial charge in [0.15, 0.2) is 5.71 Å². The standard InChI is InChI=1S/C17H16N4OS/c1-22-15-9-7-14(8-10-15)20-21-16(11-18)17(19)23-12-13-5-3-2-4-6-13/h2-10,19-20H,12H2,1H3. The molecule has 0 saturated carbocycles. The van der Waals surface area contributed by atoms with Crippen LogP contribution in [-0.4, -0.2) is 17.9 Å². The molecular formula is C17H16N4OS. The molecule has 5 nitrogen and oxygen atoms in total. The van der Waals surface area contributed by atoms with E-state index < -0.39 is 0 Å². The molecule has 0 spiro atoms. The molecule has 0 aromatic heterocycles. The Bertz CT molecular complexity index is 721. The molecule has 0 radical (unpaired) electrons. The second kappa shape index (κ2) is 8.61. The molecule has 0 saturated heterocycles. The number of nitrogens with zero attached hydrogens (tertiary/aromatic N) is 2. The number of hydrazone groups is 1. The molecule has 23 heavy (non-hydrogen) atoms. The van der Waals surface area contributed by atoms with Crippen molar-refractivity contribution in [3.05, 3.63) is 60.2 Å². The van der Waals surface area contributed by atoms with Crippen molar-refractivity contribution in [2.75, 3.05) is 12.5 Å². The predicted molar refractivity (Wildman–Crippen MR) is 95.1 cm³/mol. The highest BCUT2D eigenvalue weighted by atomic mass is 32.2. The smallest absolute Gasteiger partial charge is 0.192 e. The second-order valence-corrected chi connectivity index (χ2v) is 5.50. The van der Waals surface area contributed by atoms with Gasteiger partial charge in [-0.1, -0.05) is 42.1 Å². The number of anilines is 1. The van der Waals surface area contributed by atoms with Gasteiger partial charge < -0.3 is 4.74 Å². The van der Waals surface area contributed by atoms with Crippen LogP contribution >= 0.6 is 11.8 Å². The van der Waals surface area contributed by atoms with E-state index in [0.717, 1.165) is 17.0 Å². The summed E-state index contributed by atoms with van der Waals surface area (Å²) in [7, 11) is 1.60. The lowest BCUT2D eigenvalue weighted by Crippen LogP contribution is -2.09. The van der Waals surface area contributed by atoms with Gasteiger partial charge in [-0.15, -0.1) is 0 Å². The first kappa shape index (κ1) is 16.6. The van der Waals surface area contributed by atoms with Crippen molar-refractivity contribution in [2.45, 2.75) is 5.75 Å². The lowest BCUT2D eigenvalue weighted by atomic mass is 10.2. The zero-order chi connectivity index (χ0) is 16.5. The zero-order valence-electron chi connectivity index (χ0n) is 12.6. The van der Waals surface area contributed by atoms with Crippen molar-refractivity contribution >= 4 is 28.2 Å². The van der Waals surface area contributed by atoms with Crippen LogP contribution in [0, 0.1) is 16.7 Å². The van der Waals surface area contributed by atoms with Gasteiger partial charge in [-0.3, -0.25) is 10.8 Å². The van der Waals surface area contributed by atoms with Gasteiger partial charge in [0.2, 0.25) is 0 Å². The van der Waals surface area contributed by atoms with Crippen molar-refractivity contribution in [3.8, 4) is 11.8 Å². The number of thioether (sulfide) groups is 1. The molecule has 2 aromatic carbocycles. The second-order valence-electron chi connectivity index (χ2n) is 4.52. The van der Waals surface area contributed by atoms with Gasteiger partial charge in [0, 0.05) is 5.75 Å². The maximum absolute atomic E-state index is 9.16. The molecule has 116 valence electrons. The van der Waals surface area contributed by atoms with Crippen LogP contribution in [0.5, 0.6) is 5.75 Å². The topological polar surface area (TPSA) is 81.3 Å². The molecule has 0 unspecified atom stereocenters. The summed E-state index contributed by atoms with van der Waals surface area (Å²) in [6.07, 6.45) is 0. The Hall–Kier alpha value is -2.78. The molecule has 0 bridgehead atoms. The summed E-state index contributed by atoms with van der Waals surface area (Å²) in [5.41, 5.74) is 4.66. The molecule has 2 N–H and O–H groups in total. The lowest BCUT2D eigenvalue weighted by Gasteiger charge is -2.05. The molecule has 0 aliphatic heterocycles. The molecule has 0 heterocycles. The highest BCUT2D eigenvalue weighted by Crippen LogP contribution is 2.16. The van der Waals surface area contributed by atoms with Crippen molar-refractivity contribution < 1.29 is 4.74 Å². The van der Waals surface area contributed by atoms with Crippen molar-refractivity contribution in [2.24, 2.45) is 5.10 Å². The minimum atomic E-state index is 0.0572. The summed E-state index contributed by atoms with van der Waals surface area (Å²) < 4.78 is 5.07. The number of hydrogen-bond donors (Lipinski definition) is 2. The lowest BCUT2D eigenvalue weighted by molar-refractivity contribution is 0.415. The van der Waals surface area contributed by atoms with Gasteiger partial charge in [0.25, 0.3) is 0 Å². The van der Waals surface area contributed by atoms with E-state index >= 15 is 0 Å². The van der Waals surface area contributed by atoms with E-state index in [1.807, 2.05) is 36.4 Å². The Morgan fingerprint density at radius 2 is 1.91 bits per heavy atom. The summed E-state index contributed by atoms with van der Waals surface area (Å²) in [6, 6.07) is 18.9. The summed E-state index contributed by atoms with van der Waals surface area (Å²) in [6.45, 7) is 0. The van der Waals surface area contributed by atoms with Crippen LogP contribution in [0.25, 0.3) is 0 Å². The van der Waals surface area contributed by atoms with Gasteiger partial charge in [0.05, 0.1) is 12.8 Å². The van der Waals surface area contributed by atoms with E-state index in [9.17, 15) is 0 Å². The van der Waals surface area contributed by atoms with Gasteiger partial charge in [-0.2, -0.15) is 10.4 Å². The highest BCUT2D eigenvalue weighted by molar-refractivity contribution is 8.15. The van der Waals surface area contributed by atoms with Crippen molar-refractivity contribution in [3.63, 3.8) is 0 Å². The first-order chi connectivity index (χ1) is 11.2. The molecule has 0 aliphatic rings. The van der Waals surface area contributed by atoms with Crippen LogP contribution in [0.1, 0.15) is 5.56 Å². The van der Waals surface area contributed by atoms with E-state index in [1.165, 1.54) is 11.8 Å². The van der Waals surface area contributed by atoms with Gasteiger partial charge in [-0.05, 0) is 29.8 Å². The first-order valence-corrected chi connectivity index (χ1v) is 7.85. The molecule has 2 rings (SSSR count). The van der Waals surface area contributed by atoms with Crippen molar-refractivity contribution in [1.29, 1.82) is 10.7 Å². The van der Waals surface area contributed by atoms with Crippen LogP contribution in [0.3, 0.4) is 0 Å². The van der Waals surface area contributed by atoms with Crippen LogP contribution in [-0.2, 0) is 5.75 Å². The molecule has 0 amide bonds. The van der Waals surface area contributed by atoms with Crippen molar-refractivity contribution in [1.82, 2.24) is 0 Å². The zero-order valence-corrected chi connectivity index (χ0v) is 13.4. The third-order valence-corrected chi connectivity index (χ3v) is 3.89. The number of benzene rings is 2. The SMILES string of the molecule is COc1ccc(NN=C(C#N)C(=N)SCc2ccccc2)cc1. The minimum Gasteiger partial charge on any atom is -0.497 e. The third-order valence-electron chi connectivity index (χ3n) is 2.93. The maximum Gasteiger partial charge on any atom is 0.192 e. The van der Waals surface area contributed by atoms with Crippen LogP contribution in [0.15, 0.2) is 59.7 Å². The first-order valence-electron chi connectivity index (χ1n) is 6.86. The monoisotopic (exact) mass is 324 g/mol. The summed E-state index contributed by atoms with van der Waals surface area (Å²) >= 11 is 1.27. The Morgan fingerprint density at radius 3 is 2.52 bits per heavy atom. The van der Waals surface area contributed by atoms with Crippen LogP contribution < -0.4 is 10.2 Å². The summed E-state index contributed by atoms with van der Waals surface area (Å²) in [4.78, 5) is 0. The Kier molecular flexibility index (Phi) is 6.21. The van der Waals surface area contributed by atoms with E-state index in [4.69, 9.17) is 15.4 Å². The fourth-order valence-corrected chi connectivity index (χ4v) is 2.44. The molecule has 0 aliphatic carbocycles. The number of hydrogen-bond acceptors (Lipinski definition) is 6. The molecule has 0 atom stereocenters. The number of methoxy groups -OCH3 is 1. The predicted octanol–water partition coefficient (Wildman–Crippen LogP) is 3.90. The minimum absolute atomic E-state index is 0.0572. The van der Waals surface area contributed by atoms with E-state index in [2.05, 4.69) is 10.5 Å². The molecule has 6 heteroatoms. The molecular weight excluding hydrogens is 308 g/mol. The summed E-state index contributed by atoms with van der Waals surface area (Å²) in [5.74, 6) is 1.37. The average Bonchev–Trinajstić information content (AvgIpc) is 2.62. The van der Waals surface area contributed by atoms with Gasteiger partial charge >= 0.3 is 0 Å². The Morgan fingerprint density at radius 1 is 1.22 bits per heavy atom. The molecule has 2 aromatic rings. The largest absolute Gasteiger partial charge is 0.497 e. The van der Waals surface area contributed by atoms with E-state index in [-0.39, 0.29) is 10.8 Å². The average molecular weight is 324 g/mol.